The van der Waals surface area contributed by atoms with Crippen LogP contribution >= 0.6 is 0 Å². The fourth-order valence-corrected chi connectivity index (χ4v) is 3.21. The van der Waals surface area contributed by atoms with Crippen LogP contribution in [0.3, 0.4) is 0 Å². The van der Waals surface area contributed by atoms with Gasteiger partial charge in [-0.05, 0) is 30.3 Å². The molecule has 3 nitrogen and oxygen atoms in total. The molecule has 0 saturated heterocycles. The molecule has 0 radical (unpaired) electrons. The zero-order valence-corrected chi connectivity index (χ0v) is 13.1. The van der Waals surface area contributed by atoms with E-state index < -0.39 is 0 Å². The van der Waals surface area contributed by atoms with Crippen molar-refractivity contribution in [3.63, 3.8) is 0 Å². The van der Waals surface area contributed by atoms with Crippen LogP contribution in [0.1, 0.15) is 0 Å². The van der Waals surface area contributed by atoms with E-state index in [0.717, 1.165) is 33.6 Å². The maximum absolute atomic E-state index is 5.70. The molecule has 0 bridgehead atoms. The Balaban J connectivity index is 2.24. The lowest BCUT2D eigenvalue weighted by Crippen LogP contribution is -1.97. The van der Waals surface area contributed by atoms with Gasteiger partial charge < -0.3 is 14.0 Å². The molecule has 0 amide bonds. The molecule has 1 heterocycles. The third-order valence-electron chi connectivity index (χ3n) is 4.19. The predicted octanol–water partition coefficient (Wildman–Crippen LogP) is 4.80. The molecule has 0 atom stereocenters. The Hall–Kier alpha value is -2.94. The van der Waals surface area contributed by atoms with Crippen LogP contribution < -0.4 is 9.47 Å². The van der Waals surface area contributed by atoms with E-state index in [-0.39, 0.29) is 0 Å². The summed E-state index contributed by atoms with van der Waals surface area (Å²) in [7, 11) is 3.35. The van der Waals surface area contributed by atoms with Gasteiger partial charge in [0, 0.05) is 16.5 Å². The molecule has 3 heteroatoms. The minimum atomic E-state index is 0.736. The van der Waals surface area contributed by atoms with E-state index in [0.29, 0.717) is 0 Å². The first-order valence-electron chi connectivity index (χ1n) is 7.54. The van der Waals surface area contributed by atoms with Crippen molar-refractivity contribution in [2.24, 2.45) is 0 Å². The minimum Gasteiger partial charge on any atom is -0.493 e. The Kier molecular flexibility index (Phi) is 3.19. The van der Waals surface area contributed by atoms with Gasteiger partial charge in [0.2, 0.25) is 0 Å². The van der Waals surface area contributed by atoms with Crippen molar-refractivity contribution in [3.8, 4) is 17.2 Å². The Labute approximate surface area is 134 Å². The highest BCUT2D eigenvalue weighted by atomic mass is 16.5. The largest absolute Gasteiger partial charge is 0.493 e. The molecule has 4 aromatic rings. The quantitative estimate of drug-likeness (QED) is 0.542. The number of ether oxygens (including phenoxy) is 2. The zero-order chi connectivity index (χ0) is 15.8. The predicted molar refractivity (Wildman–Crippen MR) is 93.9 cm³/mol. The van der Waals surface area contributed by atoms with Crippen LogP contribution in [0.2, 0.25) is 0 Å². The highest BCUT2D eigenvalue weighted by Crippen LogP contribution is 2.41. The van der Waals surface area contributed by atoms with Crippen LogP contribution in [0.15, 0.2) is 66.7 Å². The molecular formula is C20H17NO2. The Bertz CT molecular complexity index is 987. The summed E-state index contributed by atoms with van der Waals surface area (Å²) < 4.78 is 13.4. The van der Waals surface area contributed by atoms with E-state index in [2.05, 4.69) is 47.0 Å². The van der Waals surface area contributed by atoms with E-state index in [1.54, 1.807) is 14.2 Å². The Morgan fingerprint density at radius 1 is 0.696 bits per heavy atom. The molecule has 0 unspecified atom stereocenters. The monoisotopic (exact) mass is 303 g/mol. The molecule has 0 aliphatic carbocycles. The van der Waals surface area contributed by atoms with Crippen molar-refractivity contribution in [1.82, 2.24) is 4.57 Å². The summed E-state index contributed by atoms with van der Waals surface area (Å²) >= 11 is 0. The van der Waals surface area contributed by atoms with Crippen molar-refractivity contribution in [3.05, 3.63) is 66.7 Å². The van der Waals surface area contributed by atoms with E-state index in [9.17, 15) is 0 Å². The van der Waals surface area contributed by atoms with Gasteiger partial charge in [-0.25, -0.2) is 0 Å². The standard InChI is InChI=1S/C20H17NO2/c1-22-18-13-12-16-15-10-6-7-11-17(15)21(19(16)20(18)23-2)14-8-4-3-5-9-14/h3-13H,1-2H3. The second-order valence-electron chi connectivity index (χ2n) is 5.39. The van der Waals surface area contributed by atoms with Gasteiger partial charge in [0.05, 0.1) is 19.7 Å². The molecule has 4 rings (SSSR count). The van der Waals surface area contributed by atoms with Gasteiger partial charge in [0.25, 0.3) is 0 Å². The van der Waals surface area contributed by atoms with Crippen molar-refractivity contribution in [1.29, 1.82) is 0 Å². The van der Waals surface area contributed by atoms with Crippen LogP contribution in [0.25, 0.3) is 27.5 Å². The van der Waals surface area contributed by atoms with Gasteiger partial charge in [-0.3, -0.25) is 0 Å². The van der Waals surface area contributed by atoms with Gasteiger partial charge in [-0.1, -0.05) is 36.4 Å². The summed E-state index contributed by atoms with van der Waals surface area (Å²) in [5, 5.41) is 2.36. The van der Waals surface area contributed by atoms with E-state index in [1.165, 1.54) is 5.39 Å². The lowest BCUT2D eigenvalue weighted by molar-refractivity contribution is 0.358. The molecule has 0 aliphatic rings. The number of para-hydroxylation sites is 2. The summed E-state index contributed by atoms with van der Waals surface area (Å²) in [6, 6.07) is 22.8. The van der Waals surface area contributed by atoms with Crippen LogP contribution in [0, 0.1) is 0 Å². The molecular weight excluding hydrogens is 286 g/mol. The summed E-state index contributed by atoms with van der Waals surface area (Å²) in [6.07, 6.45) is 0. The molecule has 3 aromatic carbocycles. The van der Waals surface area contributed by atoms with Gasteiger partial charge in [-0.15, -0.1) is 0 Å². The summed E-state index contributed by atoms with van der Waals surface area (Å²) in [4.78, 5) is 0. The summed E-state index contributed by atoms with van der Waals surface area (Å²) in [6.45, 7) is 0. The molecule has 0 saturated carbocycles. The van der Waals surface area contributed by atoms with Gasteiger partial charge in [0.15, 0.2) is 11.5 Å². The smallest absolute Gasteiger partial charge is 0.185 e. The fraction of sp³-hybridized carbons (Fsp3) is 0.100. The fourth-order valence-electron chi connectivity index (χ4n) is 3.21. The number of hydrogen-bond donors (Lipinski definition) is 0. The number of rotatable bonds is 3. The van der Waals surface area contributed by atoms with E-state index in [1.807, 2.05) is 24.3 Å². The van der Waals surface area contributed by atoms with Gasteiger partial charge >= 0.3 is 0 Å². The minimum absolute atomic E-state index is 0.736. The van der Waals surface area contributed by atoms with E-state index in [4.69, 9.17) is 9.47 Å². The average molecular weight is 303 g/mol. The lowest BCUT2D eigenvalue weighted by atomic mass is 10.1. The summed E-state index contributed by atoms with van der Waals surface area (Å²) in [5.41, 5.74) is 3.28. The highest BCUT2D eigenvalue weighted by molar-refractivity contribution is 6.11. The van der Waals surface area contributed by atoms with Crippen LogP contribution in [0.4, 0.5) is 0 Å². The number of fused-ring (bicyclic) bond motifs is 3. The number of benzene rings is 3. The lowest BCUT2D eigenvalue weighted by Gasteiger charge is -2.13. The molecule has 0 spiro atoms. The topological polar surface area (TPSA) is 23.4 Å². The molecule has 0 N–H and O–H groups in total. The van der Waals surface area contributed by atoms with E-state index >= 15 is 0 Å². The van der Waals surface area contributed by atoms with Crippen molar-refractivity contribution in [2.45, 2.75) is 0 Å². The summed E-state index contributed by atoms with van der Waals surface area (Å²) in [5.74, 6) is 1.49. The normalized spacial score (nSPS) is 11.0. The molecule has 114 valence electrons. The van der Waals surface area contributed by atoms with Gasteiger partial charge in [-0.2, -0.15) is 0 Å². The van der Waals surface area contributed by atoms with Crippen LogP contribution in [-0.4, -0.2) is 18.8 Å². The first kappa shape index (κ1) is 13.7. The Morgan fingerprint density at radius 2 is 1.43 bits per heavy atom. The maximum Gasteiger partial charge on any atom is 0.185 e. The third-order valence-corrected chi connectivity index (χ3v) is 4.19. The van der Waals surface area contributed by atoms with Crippen LogP contribution in [0.5, 0.6) is 11.5 Å². The molecule has 23 heavy (non-hydrogen) atoms. The highest BCUT2D eigenvalue weighted by Gasteiger charge is 2.18. The number of aromatic nitrogens is 1. The second kappa shape index (κ2) is 5.36. The van der Waals surface area contributed by atoms with Crippen molar-refractivity contribution >= 4 is 21.8 Å². The average Bonchev–Trinajstić information content (AvgIpc) is 2.96. The second-order valence-corrected chi connectivity index (χ2v) is 5.39. The first-order chi connectivity index (χ1) is 11.3. The SMILES string of the molecule is COc1ccc2c3ccccc3n(-c3ccccc3)c2c1OC. The van der Waals surface area contributed by atoms with Crippen molar-refractivity contribution in [2.75, 3.05) is 14.2 Å². The maximum atomic E-state index is 5.70. The zero-order valence-electron chi connectivity index (χ0n) is 13.1. The van der Waals surface area contributed by atoms with Crippen LogP contribution in [-0.2, 0) is 0 Å². The van der Waals surface area contributed by atoms with Crippen molar-refractivity contribution < 1.29 is 9.47 Å². The number of nitrogens with zero attached hydrogens (tertiary/aromatic N) is 1. The molecule has 1 aromatic heterocycles. The number of hydrogen-bond acceptors (Lipinski definition) is 2. The Morgan fingerprint density at radius 3 is 2.17 bits per heavy atom. The molecule has 0 aliphatic heterocycles. The molecule has 0 fully saturated rings. The number of methoxy groups -OCH3 is 2. The van der Waals surface area contributed by atoms with Gasteiger partial charge in [0.1, 0.15) is 5.52 Å². The third kappa shape index (κ3) is 1.97. The first-order valence-corrected chi connectivity index (χ1v) is 7.54.